The average Bonchev–Trinajstić information content (AvgIpc) is 2.97. The van der Waals surface area contributed by atoms with E-state index in [0.29, 0.717) is 12.8 Å². The van der Waals surface area contributed by atoms with E-state index < -0.39 is 45.4 Å². The monoisotopic (exact) mass is 472 g/mol. The van der Waals surface area contributed by atoms with Gasteiger partial charge in [-0.2, -0.15) is 0 Å². The van der Waals surface area contributed by atoms with E-state index in [2.05, 4.69) is 0 Å². The van der Waals surface area contributed by atoms with Crippen molar-refractivity contribution >= 4 is 29.1 Å². The summed E-state index contributed by atoms with van der Waals surface area (Å²) in [6, 6.07) is 0. The normalized spacial score (nSPS) is 42.3. The van der Waals surface area contributed by atoms with Gasteiger partial charge in [0.05, 0.1) is 5.41 Å². The van der Waals surface area contributed by atoms with Crippen LogP contribution < -0.4 is 0 Å². The number of aliphatic carboxylic acids is 1. The summed E-state index contributed by atoms with van der Waals surface area (Å²) in [4.78, 5) is 65.3. The lowest BCUT2D eigenvalue weighted by molar-refractivity contribution is -0.158. The summed E-state index contributed by atoms with van der Waals surface area (Å²) in [7, 11) is 0. The van der Waals surface area contributed by atoms with Crippen molar-refractivity contribution in [3.8, 4) is 0 Å². The number of carboxylic acids is 1. The first-order chi connectivity index (χ1) is 15.6. The van der Waals surface area contributed by atoms with Crippen LogP contribution in [-0.2, 0) is 24.0 Å². The van der Waals surface area contributed by atoms with Crippen molar-refractivity contribution in [2.24, 2.45) is 39.4 Å². The molecule has 7 heteroatoms. The zero-order valence-electron chi connectivity index (χ0n) is 21.0. The van der Waals surface area contributed by atoms with Crippen LogP contribution in [0.25, 0.3) is 0 Å². The van der Waals surface area contributed by atoms with E-state index in [0.717, 1.165) is 0 Å². The number of ketones is 4. The van der Waals surface area contributed by atoms with Gasteiger partial charge in [0, 0.05) is 53.1 Å². The molecule has 0 unspecified atom stereocenters. The van der Waals surface area contributed by atoms with Crippen LogP contribution >= 0.6 is 0 Å². The largest absolute Gasteiger partial charge is 0.481 e. The summed E-state index contributed by atoms with van der Waals surface area (Å²) < 4.78 is 0. The summed E-state index contributed by atoms with van der Waals surface area (Å²) >= 11 is 0. The summed E-state index contributed by atoms with van der Waals surface area (Å²) in [5.41, 5.74) is -3.62. The SMILES string of the molecule is C[C@H](CCC(=O)O)[C@H]1CC(=O)[C@@]2(C)C3=C(C(=O)[C@@H](O)[C@]12C)[C@@]1(C)CCC(=O)C(C)(C)[C@@H]1CC3=O. The van der Waals surface area contributed by atoms with Crippen LogP contribution in [0.1, 0.15) is 80.1 Å². The van der Waals surface area contributed by atoms with Gasteiger partial charge >= 0.3 is 5.97 Å². The van der Waals surface area contributed by atoms with Crippen LogP contribution in [-0.4, -0.2) is 45.4 Å². The second kappa shape index (κ2) is 7.42. The Hall–Kier alpha value is -2.15. The number of carbonyl (C=O) groups excluding carboxylic acids is 4. The van der Waals surface area contributed by atoms with Gasteiger partial charge in [-0.15, -0.1) is 0 Å². The number of hydrogen-bond acceptors (Lipinski definition) is 6. The number of aliphatic hydroxyl groups excluding tert-OH is 1. The maximum atomic E-state index is 13.9. The zero-order valence-corrected chi connectivity index (χ0v) is 21.0. The molecule has 34 heavy (non-hydrogen) atoms. The molecule has 0 spiro atoms. The lowest BCUT2D eigenvalue weighted by atomic mass is 9.42. The maximum absolute atomic E-state index is 13.9. The topological polar surface area (TPSA) is 126 Å². The van der Waals surface area contributed by atoms with Crippen molar-refractivity contribution in [3.05, 3.63) is 11.1 Å². The summed E-state index contributed by atoms with van der Waals surface area (Å²) in [5, 5.41) is 20.7. The summed E-state index contributed by atoms with van der Waals surface area (Å²) in [6.07, 6.45) is -0.366. The van der Waals surface area contributed by atoms with Gasteiger partial charge in [-0.3, -0.25) is 24.0 Å². The molecule has 0 bridgehead atoms. The Morgan fingerprint density at radius 1 is 1.00 bits per heavy atom. The van der Waals surface area contributed by atoms with E-state index in [1.54, 1.807) is 13.8 Å². The fraction of sp³-hybridized carbons (Fsp3) is 0.741. The number of carbonyl (C=O) groups is 5. The van der Waals surface area contributed by atoms with Crippen molar-refractivity contribution in [3.63, 3.8) is 0 Å². The number of fused-ring (bicyclic) bond motifs is 4. The van der Waals surface area contributed by atoms with Gasteiger partial charge in [-0.25, -0.2) is 0 Å². The number of Topliss-reactive ketones (excluding diaryl/α,β-unsaturated/α-hetero) is 4. The molecule has 4 aliphatic carbocycles. The van der Waals surface area contributed by atoms with Gasteiger partial charge in [0.25, 0.3) is 0 Å². The molecule has 186 valence electrons. The van der Waals surface area contributed by atoms with E-state index in [9.17, 15) is 29.1 Å². The third-order valence-corrected chi connectivity index (χ3v) is 10.6. The predicted octanol–water partition coefficient (Wildman–Crippen LogP) is 3.31. The van der Waals surface area contributed by atoms with Crippen molar-refractivity contribution in [1.29, 1.82) is 0 Å². The number of hydrogen-bond donors (Lipinski definition) is 2. The average molecular weight is 473 g/mol. The van der Waals surface area contributed by atoms with Crippen LogP contribution in [0.4, 0.5) is 0 Å². The van der Waals surface area contributed by atoms with Crippen LogP contribution in [0, 0.1) is 39.4 Å². The number of aliphatic hydroxyl groups is 1. The lowest BCUT2D eigenvalue weighted by Gasteiger charge is -2.59. The van der Waals surface area contributed by atoms with E-state index in [-0.39, 0.29) is 66.0 Å². The number of allylic oxidation sites excluding steroid dienone is 1. The molecule has 0 saturated heterocycles. The molecule has 0 radical (unpaired) electrons. The molecular weight excluding hydrogens is 436 g/mol. The zero-order chi connectivity index (χ0) is 25.6. The lowest BCUT2D eigenvalue weighted by Crippen LogP contribution is -2.64. The first-order valence-corrected chi connectivity index (χ1v) is 12.3. The number of rotatable bonds is 4. The molecule has 2 saturated carbocycles. The minimum atomic E-state index is -1.48. The standard InChI is InChI=1S/C27H36O7/c1-13(7-8-19(31)32)14-11-18(30)27(6)20-15(28)12-16-24(2,3)17(29)9-10-25(16,4)21(20)22(33)23(34)26(14,27)5/h13-14,16,23,34H,7-12H2,1-6H3,(H,31,32)/t13-,14-,16+,23-,25+,26+,27+/m1/s1. The molecule has 4 rings (SSSR count). The molecule has 2 N–H and O–H groups in total. The minimum Gasteiger partial charge on any atom is -0.481 e. The van der Waals surface area contributed by atoms with E-state index in [1.807, 2.05) is 27.7 Å². The van der Waals surface area contributed by atoms with Gasteiger partial charge in [-0.05, 0) is 37.5 Å². The van der Waals surface area contributed by atoms with Gasteiger partial charge in [0.15, 0.2) is 11.6 Å². The second-order valence-corrected chi connectivity index (χ2v) is 12.3. The maximum Gasteiger partial charge on any atom is 0.303 e. The second-order valence-electron chi connectivity index (χ2n) is 12.3. The van der Waals surface area contributed by atoms with Crippen LogP contribution in [0.5, 0.6) is 0 Å². The Morgan fingerprint density at radius 3 is 2.21 bits per heavy atom. The molecule has 7 atom stereocenters. The molecule has 4 aliphatic rings. The molecule has 7 nitrogen and oxygen atoms in total. The van der Waals surface area contributed by atoms with Crippen LogP contribution in [0.15, 0.2) is 11.1 Å². The minimum absolute atomic E-state index is 0.0657. The predicted molar refractivity (Wildman–Crippen MR) is 123 cm³/mol. The smallest absolute Gasteiger partial charge is 0.303 e. The first-order valence-electron chi connectivity index (χ1n) is 12.3. The Kier molecular flexibility index (Phi) is 5.45. The van der Waals surface area contributed by atoms with Crippen LogP contribution in [0.2, 0.25) is 0 Å². The highest BCUT2D eigenvalue weighted by Crippen LogP contribution is 2.69. The molecule has 0 aliphatic heterocycles. The highest BCUT2D eigenvalue weighted by Gasteiger charge is 2.73. The van der Waals surface area contributed by atoms with Gasteiger partial charge in [0.2, 0.25) is 0 Å². The van der Waals surface area contributed by atoms with Crippen molar-refractivity contribution in [2.45, 2.75) is 86.2 Å². The molecule has 0 heterocycles. The fourth-order valence-electron chi connectivity index (χ4n) is 8.21. The van der Waals surface area contributed by atoms with Gasteiger partial charge < -0.3 is 10.2 Å². The molecule has 0 aromatic rings. The highest BCUT2D eigenvalue weighted by molar-refractivity contribution is 6.18. The van der Waals surface area contributed by atoms with Crippen molar-refractivity contribution in [2.75, 3.05) is 0 Å². The van der Waals surface area contributed by atoms with Gasteiger partial charge in [-0.1, -0.05) is 34.6 Å². The molecule has 0 amide bonds. The van der Waals surface area contributed by atoms with E-state index in [4.69, 9.17) is 5.11 Å². The Morgan fingerprint density at radius 2 is 1.62 bits per heavy atom. The van der Waals surface area contributed by atoms with Crippen molar-refractivity contribution < 1.29 is 34.2 Å². The Labute approximate surface area is 200 Å². The number of carboxylic acid groups (broad SMARTS) is 1. The third kappa shape index (κ3) is 2.82. The Bertz CT molecular complexity index is 1050. The molecular formula is C27H36O7. The molecule has 0 aromatic carbocycles. The molecule has 0 aromatic heterocycles. The van der Waals surface area contributed by atoms with E-state index >= 15 is 0 Å². The van der Waals surface area contributed by atoms with Gasteiger partial charge in [0.1, 0.15) is 17.7 Å². The molecule has 2 fully saturated rings. The van der Waals surface area contributed by atoms with Crippen LogP contribution in [0.3, 0.4) is 0 Å². The quantitative estimate of drug-likeness (QED) is 0.643. The first kappa shape index (κ1) is 25.0. The summed E-state index contributed by atoms with van der Waals surface area (Å²) in [6.45, 7) is 10.8. The fourth-order valence-corrected chi connectivity index (χ4v) is 8.21. The van der Waals surface area contributed by atoms with E-state index in [1.165, 1.54) is 0 Å². The Balaban J connectivity index is 1.91. The highest BCUT2D eigenvalue weighted by atomic mass is 16.4. The third-order valence-electron chi connectivity index (χ3n) is 10.6. The summed E-state index contributed by atoms with van der Waals surface area (Å²) in [5.74, 6) is -2.88. The van der Waals surface area contributed by atoms with Crippen molar-refractivity contribution in [1.82, 2.24) is 0 Å².